The second-order valence-corrected chi connectivity index (χ2v) is 6.66. The quantitative estimate of drug-likeness (QED) is 0.423. The number of amides is 1. The maximum Gasteiger partial charge on any atom is 0.306 e. The van der Waals surface area contributed by atoms with Crippen LogP contribution in [0.4, 0.5) is 4.39 Å². The van der Waals surface area contributed by atoms with E-state index >= 15 is 0 Å². The number of carbonyl (C=O) groups is 2. The summed E-state index contributed by atoms with van der Waals surface area (Å²) in [6, 6.07) is 6.16. The highest BCUT2D eigenvalue weighted by Crippen LogP contribution is 2.17. The van der Waals surface area contributed by atoms with Crippen molar-refractivity contribution in [2.75, 3.05) is 12.9 Å². The highest BCUT2D eigenvalue weighted by molar-refractivity contribution is 7.98. The van der Waals surface area contributed by atoms with Gasteiger partial charge in [0.1, 0.15) is 5.82 Å². The lowest BCUT2D eigenvalue weighted by Crippen LogP contribution is -2.28. The lowest BCUT2D eigenvalue weighted by molar-refractivity contribution is -0.148. The third-order valence-corrected chi connectivity index (χ3v) is 4.51. The monoisotopic (exact) mass is 391 g/mol. The Hall–Kier alpha value is -2.48. The maximum atomic E-state index is 13.5. The summed E-state index contributed by atoms with van der Waals surface area (Å²) >= 11 is 1.46. The van der Waals surface area contributed by atoms with Gasteiger partial charge in [-0.05, 0) is 38.2 Å². The number of esters is 1. The number of aromatic nitrogens is 2. The van der Waals surface area contributed by atoms with E-state index in [1.165, 1.54) is 17.8 Å². The first-order valence-corrected chi connectivity index (χ1v) is 9.67. The average Bonchev–Trinajstić information content (AvgIpc) is 2.64. The van der Waals surface area contributed by atoms with Crippen molar-refractivity contribution in [3.63, 3.8) is 0 Å². The molecule has 2 aromatic rings. The average molecular weight is 391 g/mol. The molecule has 1 N–H and O–H groups in total. The van der Waals surface area contributed by atoms with E-state index in [0.29, 0.717) is 17.1 Å². The van der Waals surface area contributed by atoms with Crippen LogP contribution >= 0.6 is 11.8 Å². The summed E-state index contributed by atoms with van der Waals surface area (Å²) in [6.07, 6.45) is 2.48. The summed E-state index contributed by atoms with van der Waals surface area (Å²) in [7, 11) is 0. The van der Waals surface area contributed by atoms with E-state index in [9.17, 15) is 14.0 Å². The van der Waals surface area contributed by atoms with Crippen molar-refractivity contribution in [3.8, 4) is 0 Å². The van der Waals surface area contributed by atoms with Crippen molar-refractivity contribution in [1.29, 1.82) is 0 Å². The predicted octanol–water partition coefficient (Wildman–Crippen LogP) is 2.75. The van der Waals surface area contributed by atoms with Gasteiger partial charge in [0.05, 0.1) is 0 Å². The summed E-state index contributed by atoms with van der Waals surface area (Å²) in [5, 5.41) is 3.22. The van der Waals surface area contributed by atoms with Crippen molar-refractivity contribution in [2.24, 2.45) is 0 Å². The minimum absolute atomic E-state index is 0.0422. The van der Waals surface area contributed by atoms with Crippen LogP contribution in [0.25, 0.3) is 0 Å². The summed E-state index contributed by atoms with van der Waals surface area (Å²) in [6.45, 7) is 3.41. The minimum Gasteiger partial charge on any atom is -0.456 e. The number of hydrogen-bond donors (Lipinski definition) is 1. The van der Waals surface area contributed by atoms with E-state index < -0.39 is 24.3 Å². The van der Waals surface area contributed by atoms with Crippen LogP contribution in [0.3, 0.4) is 0 Å². The highest BCUT2D eigenvalue weighted by Gasteiger charge is 2.13. The zero-order chi connectivity index (χ0) is 19.8. The SMILES string of the molecule is CSc1nc(C)c(CCC(=O)OCC(=O)NCc2ccccc2F)c(C)n1. The molecule has 0 spiro atoms. The zero-order valence-electron chi connectivity index (χ0n) is 15.5. The molecule has 0 saturated carbocycles. The number of rotatable bonds is 8. The molecule has 0 radical (unpaired) electrons. The van der Waals surface area contributed by atoms with Gasteiger partial charge in [0.15, 0.2) is 11.8 Å². The smallest absolute Gasteiger partial charge is 0.306 e. The van der Waals surface area contributed by atoms with Gasteiger partial charge < -0.3 is 10.1 Å². The molecule has 2 rings (SSSR count). The molecule has 0 aliphatic rings. The van der Waals surface area contributed by atoms with Crippen molar-refractivity contribution in [2.45, 2.75) is 38.4 Å². The largest absolute Gasteiger partial charge is 0.456 e. The Morgan fingerprint density at radius 3 is 2.48 bits per heavy atom. The fourth-order valence-corrected chi connectivity index (χ4v) is 2.95. The van der Waals surface area contributed by atoms with Crippen LogP contribution in [0.2, 0.25) is 0 Å². The van der Waals surface area contributed by atoms with Gasteiger partial charge in [0.2, 0.25) is 0 Å². The molecule has 144 valence electrons. The molecule has 1 heterocycles. The summed E-state index contributed by atoms with van der Waals surface area (Å²) in [5.41, 5.74) is 2.95. The molecule has 1 aromatic carbocycles. The van der Waals surface area contributed by atoms with E-state index in [1.54, 1.807) is 18.2 Å². The molecule has 0 fully saturated rings. The topological polar surface area (TPSA) is 81.2 Å². The van der Waals surface area contributed by atoms with Crippen molar-refractivity contribution in [1.82, 2.24) is 15.3 Å². The molecule has 0 atom stereocenters. The Kier molecular flexibility index (Phi) is 7.72. The maximum absolute atomic E-state index is 13.5. The van der Waals surface area contributed by atoms with Crippen molar-refractivity contribution < 1.29 is 18.7 Å². The molecule has 6 nitrogen and oxygen atoms in total. The number of thioether (sulfide) groups is 1. The Morgan fingerprint density at radius 1 is 1.19 bits per heavy atom. The zero-order valence-corrected chi connectivity index (χ0v) is 16.4. The van der Waals surface area contributed by atoms with Gasteiger partial charge in [-0.2, -0.15) is 0 Å². The third-order valence-electron chi connectivity index (χ3n) is 3.96. The Morgan fingerprint density at radius 2 is 1.85 bits per heavy atom. The first kappa shape index (κ1) is 20.8. The molecule has 0 aliphatic heterocycles. The molecular formula is C19H22FN3O3S. The van der Waals surface area contributed by atoms with Gasteiger partial charge in [0, 0.05) is 29.9 Å². The summed E-state index contributed by atoms with van der Waals surface area (Å²) in [4.78, 5) is 32.4. The standard InChI is InChI=1S/C19H22FN3O3S/c1-12-15(13(2)23-19(22-12)27-3)8-9-18(25)26-11-17(24)21-10-14-6-4-5-7-16(14)20/h4-7H,8-11H2,1-3H3,(H,21,24). The van der Waals surface area contributed by atoms with E-state index in [1.807, 2.05) is 20.1 Å². The van der Waals surface area contributed by atoms with Crippen LogP contribution in [0, 0.1) is 19.7 Å². The predicted molar refractivity (Wildman–Crippen MR) is 101 cm³/mol. The Bertz CT molecular complexity index is 807. The van der Waals surface area contributed by atoms with E-state index in [0.717, 1.165) is 17.0 Å². The third kappa shape index (κ3) is 6.32. The molecule has 1 aromatic heterocycles. The molecule has 27 heavy (non-hydrogen) atoms. The van der Waals surface area contributed by atoms with Crippen molar-refractivity contribution >= 4 is 23.6 Å². The normalized spacial score (nSPS) is 10.5. The Labute approximate surface area is 161 Å². The van der Waals surface area contributed by atoms with Gasteiger partial charge in [-0.25, -0.2) is 14.4 Å². The number of nitrogens with zero attached hydrogens (tertiary/aromatic N) is 2. The van der Waals surface area contributed by atoms with E-state index in [2.05, 4.69) is 15.3 Å². The lowest BCUT2D eigenvalue weighted by Gasteiger charge is -2.10. The van der Waals surface area contributed by atoms with E-state index in [4.69, 9.17) is 4.74 Å². The van der Waals surface area contributed by atoms with Gasteiger partial charge in [-0.1, -0.05) is 30.0 Å². The van der Waals surface area contributed by atoms with Crippen LogP contribution in [0.15, 0.2) is 29.4 Å². The Balaban J connectivity index is 1.76. The minimum atomic E-state index is -0.483. The van der Waals surface area contributed by atoms with Gasteiger partial charge in [0.25, 0.3) is 5.91 Å². The summed E-state index contributed by atoms with van der Waals surface area (Å²) < 4.78 is 18.5. The van der Waals surface area contributed by atoms with E-state index in [-0.39, 0.29) is 13.0 Å². The second-order valence-electron chi connectivity index (χ2n) is 5.89. The molecule has 1 amide bonds. The van der Waals surface area contributed by atoms with Gasteiger partial charge in [-0.15, -0.1) is 0 Å². The molecule has 0 aliphatic carbocycles. The number of hydrogen-bond acceptors (Lipinski definition) is 6. The van der Waals surface area contributed by atoms with Crippen LogP contribution in [-0.2, 0) is 27.3 Å². The highest BCUT2D eigenvalue weighted by atomic mass is 32.2. The molecular weight excluding hydrogens is 369 g/mol. The molecule has 0 saturated heterocycles. The first-order valence-electron chi connectivity index (χ1n) is 8.44. The molecule has 0 unspecified atom stereocenters. The number of nitrogens with one attached hydrogen (secondary N) is 1. The van der Waals surface area contributed by atoms with Gasteiger partial charge in [-0.3, -0.25) is 9.59 Å². The van der Waals surface area contributed by atoms with Crippen LogP contribution in [0.1, 0.15) is 28.9 Å². The van der Waals surface area contributed by atoms with Crippen molar-refractivity contribution in [3.05, 3.63) is 52.6 Å². The van der Waals surface area contributed by atoms with Crippen LogP contribution < -0.4 is 5.32 Å². The molecule has 8 heteroatoms. The lowest BCUT2D eigenvalue weighted by atomic mass is 10.1. The summed E-state index contributed by atoms with van der Waals surface area (Å²) in [5.74, 6) is -1.36. The fraction of sp³-hybridized carbons (Fsp3) is 0.368. The molecule has 0 bridgehead atoms. The number of aryl methyl sites for hydroxylation is 2. The number of carbonyl (C=O) groups excluding carboxylic acids is 2. The number of ether oxygens (including phenoxy) is 1. The second kappa shape index (κ2) is 10.0. The van der Waals surface area contributed by atoms with Crippen LogP contribution in [0.5, 0.6) is 0 Å². The van der Waals surface area contributed by atoms with Gasteiger partial charge >= 0.3 is 5.97 Å². The fourth-order valence-electron chi connectivity index (χ4n) is 2.49. The first-order chi connectivity index (χ1) is 12.9. The number of benzene rings is 1. The number of halogens is 1. The van der Waals surface area contributed by atoms with Crippen LogP contribution in [-0.4, -0.2) is 34.7 Å².